The lowest BCUT2D eigenvalue weighted by Crippen LogP contribution is -2.49. The number of carbonyl (C=O) groups is 1. The zero-order valence-electron chi connectivity index (χ0n) is 10.7. The van der Waals surface area contributed by atoms with Gasteiger partial charge in [0.2, 0.25) is 6.29 Å². The largest absolute Gasteiger partial charge is 0.463 e. The number of fused-ring (bicyclic) bond motifs is 1. The van der Waals surface area contributed by atoms with Gasteiger partial charge in [0.25, 0.3) is 0 Å². The Labute approximate surface area is 101 Å². The van der Waals surface area contributed by atoms with E-state index in [1.54, 1.807) is 0 Å². The summed E-state index contributed by atoms with van der Waals surface area (Å²) in [6, 6.07) is 0.0681. The Hall–Kier alpha value is -1.10. The van der Waals surface area contributed by atoms with E-state index in [0.29, 0.717) is 11.8 Å². The zero-order valence-corrected chi connectivity index (χ0v) is 10.7. The number of carbonyl (C=O) groups excluding carboxylic acids is 1. The SMILES string of the molecule is CC(=O)OCC1OC2OC(C)=N[C@H]2C(C)[C@H]1C. The maximum absolute atomic E-state index is 10.8. The van der Waals surface area contributed by atoms with Gasteiger partial charge in [0.05, 0.1) is 6.10 Å². The summed E-state index contributed by atoms with van der Waals surface area (Å²) in [6.07, 6.45) is -0.432. The van der Waals surface area contributed by atoms with Crippen LogP contribution in [-0.4, -0.2) is 36.9 Å². The summed E-state index contributed by atoms with van der Waals surface area (Å²) in [6.45, 7) is 7.75. The van der Waals surface area contributed by atoms with Crippen LogP contribution in [0.2, 0.25) is 0 Å². The van der Waals surface area contributed by atoms with E-state index in [4.69, 9.17) is 14.2 Å². The monoisotopic (exact) mass is 241 g/mol. The molecular formula is C12H19NO4. The van der Waals surface area contributed by atoms with E-state index in [1.807, 2.05) is 6.92 Å². The molecule has 2 aliphatic rings. The Morgan fingerprint density at radius 2 is 2.12 bits per heavy atom. The smallest absolute Gasteiger partial charge is 0.302 e. The van der Waals surface area contributed by atoms with Gasteiger partial charge in [-0.05, 0) is 11.8 Å². The van der Waals surface area contributed by atoms with Crippen molar-refractivity contribution in [2.45, 2.75) is 46.1 Å². The summed E-state index contributed by atoms with van der Waals surface area (Å²) in [7, 11) is 0. The van der Waals surface area contributed by atoms with Gasteiger partial charge in [-0.1, -0.05) is 13.8 Å². The van der Waals surface area contributed by atoms with Crippen LogP contribution in [0.15, 0.2) is 4.99 Å². The molecule has 5 heteroatoms. The minimum atomic E-state index is -0.318. The van der Waals surface area contributed by atoms with Gasteiger partial charge in [-0.2, -0.15) is 0 Å². The first-order valence-corrected chi connectivity index (χ1v) is 5.99. The molecule has 0 aromatic carbocycles. The summed E-state index contributed by atoms with van der Waals surface area (Å²) in [4.78, 5) is 15.3. The molecule has 0 aliphatic carbocycles. The van der Waals surface area contributed by atoms with Gasteiger partial charge in [0.15, 0.2) is 5.90 Å². The van der Waals surface area contributed by atoms with E-state index in [-0.39, 0.29) is 36.9 Å². The number of hydrogen-bond donors (Lipinski definition) is 0. The van der Waals surface area contributed by atoms with Crippen molar-refractivity contribution >= 4 is 11.9 Å². The number of aliphatic imine (C=N–C) groups is 1. The third kappa shape index (κ3) is 2.44. The predicted molar refractivity (Wildman–Crippen MR) is 61.6 cm³/mol. The van der Waals surface area contributed by atoms with Gasteiger partial charge in [-0.25, -0.2) is 4.99 Å². The van der Waals surface area contributed by atoms with E-state index >= 15 is 0 Å². The summed E-state index contributed by atoms with van der Waals surface area (Å²) in [5.74, 6) is 1.03. The lowest BCUT2D eigenvalue weighted by atomic mass is 9.83. The standard InChI is InChI=1S/C12H19NO4/c1-6-7(2)11-12(16-8(3)13-11)17-10(6)5-15-9(4)14/h6-7,10-12H,5H2,1-4H3/t6-,7?,10?,11+,12?/m1/s1. The maximum Gasteiger partial charge on any atom is 0.302 e. The first kappa shape index (κ1) is 12.4. The number of rotatable bonds is 2. The van der Waals surface area contributed by atoms with E-state index in [2.05, 4.69) is 18.8 Å². The van der Waals surface area contributed by atoms with E-state index in [9.17, 15) is 4.79 Å². The lowest BCUT2D eigenvalue weighted by molar-refractivity contribution is -0.202. The third-order valence-corrected chi connectivity index (χ3v) is 3.61. The molecule has 0 aromatic heterocycles. The van der Waals surface area contributed by atoms with Gasteiger partial charge in [0.1, 0.15) is 12.6 Å². The zero-order chi connectivity index (χ0) is 12.6. The van der Waals surface area contributed by atoms with Crippen molar-refractivity contribution in [1.29, 1.82) is 0 Å². The van der Waals surface area contributed by atoms with Crippen LogP contribution in [0.1, 0.15) is 27.7 Å². The van der Waals surface area contributed by atoms with E-state index < -0.39 is 0 Å². The number of hydrogen-bond acceptors (Lipinski definition) is 5. The van der Waals surface area contributed by atoms with Crippen molar-refractivity contribution in [3.05, 3.63) is 0 Å². The summed E-state index contributed by atoms with van der Waals surface area (Å²) >= 11 is 0. The Morgan fingerprint density at radius 1 is 1.41 bits per heavy atom. The molecule has 5 atom stereocenters. The van der Waals surface area contributed by atoms with Crippen molar-refractivity contribution in [2.24, 2.45) is 16.8 Å². The fourth-order valence-corrected chi connectivity index (χ4v) is 2.35. The molecule has 0 aromatic rings. The molecule has 0 N–H and O–H groups in total. The average molecular weight is 241 g/mol. The van der Waals surface area contributed by atoms with Crippen LogP contribution in [0.3, 0.4) is 0 Å². The van der Waals surface area contributed by atoms with Crippen molar-refractivity contribution in [2.75, 3.05) is 6.61 Å². The molecule has 2 heterocycles. The molecule has 0 amide bonds. The quantitative estimate of drug-likeness (QED) is 0.685. The van der Waals surface area contributed by atoms with Gasteiger partial charge < -0.3 is 14.2 Å². The molecule has 1 saturated heterocycles. The van der Waals surface area contributed by atoms with Crippen molar-refractivity contribution in [3.8, 4) is 0 Å². The molecule has 0 spiro atoms. The molecule has 0 saturated carbocycles. The van der Waals surface area contributed by atoms with Crippen molar-refractivity contribution in [1.82, 2.24) is 0 Å². The molecule has 2 rings (SSSR count). The molecule has 1 fully saturated rings. The minimum absolute atomic E-state index is 0.0681. The van der Waals surface area contributed by atoms with Gasteiger partial charge in [-0.15, -0.1) is 0 Å². The van der Waals surface area contributed by atoms with Crippen LogP contribution in [-0.2, 0) is 19.0 Å². The normalized spacial score (nSPS) is 40.2. The lowest BCUT2D eigenvalue weighted by Gasteiger charge is -2.39. The summed E-state index contributed by atoms with van der Waals surface area (Å²) in [5.41, 5.74) is 0. The van der Waals surface area contributed by atoms with Crippen molar-refractivity contribution in [3.63, 3.8) is 0 Å². The van der Waals surface area contributed by atoms with Crippen molar-refractivity contribution < 1.29 is 19.0 Å². The van der Waals surface area contributed by atoms with Crippen LogP contribution in [0, 0.1) is 11.8 Å². The highest BCUT2D eigenvalue weighted by Crippen LogP contribution is 2.36. The topological polar surface area (TPSA) is 57.1 Å². The van der Waals surface area contributed by atoms with Crippen LogP contribution in [0.25, 0.3) is 0 Å². The highest BCUT2D eigenvalue weighted by molar-refractivity contribution is 5.75. The van der Waals surface area contributed by atoms with E-state index in [0.717, 1.165) is 0 Å². The second kappa shape index (κ2) is 4.64. The highest BCUT2D eigenvalue weighted by Gasteiger charge is 2.45. The second-order valence-corrected chi connectivity index (χ2v) is 4.82. The molecule has 2 aliphatic heterocycles. The number of nitrogens with zero attached hydrogens (tertiary/aromatic N) is 1. The molecule has 0 bridgehead atoms. The molecular weight excluding hydrogens is 222 g/mol. The molecule has 96 valence electrons. The Balaban J connectivity index is 2.01. The fourth-order valence-electron chi connectivity index (χ4n) is 2.35. The first-order valence-electron chi connectivity index (χ1n) is 5.99. The minimum Gasteiger partial charge on any atom is -0.463 e. The summed E-state index contributed by atoms with van der Waals surface area (Å²) in [5, 5.41) is 0. The fraction of sp³-hybridized carbons (Fsp3) is 0.833. The van der Waals surface area contributed by atoms with Gasteiger partial charge in [0, 0.05) is 13.8 Å². The summed E-state index contributed by atoms with van der Waals surface area (Å²) < 4.78 is 16.3. The number of esters is 1. The van der Waals surface area contributed by atoms with Crippen LogP contribution in [0.5, 0.6) is 0 Å². The highest BCUT2D eigenvalue weighted by atomic mass is 16.7. The number of ether oxygens (including phenoxy) is 3. The Morgan fingerprint density at radius 3 is 2.76 bits per heavy atom. The average Bonchev–Trinajstić information content (AvgIpc) is 2.62. The Bertz CT molecular complexity index is 341. The third-order valence-electron chi connectivity index (χ3n) is 3.61. The molecule has 0 radical (unpaired) electrons. The predicted octanol–water partition coefficient (Wildman–Crippen LogP) is 1.36. The van der Waals surface area contributed by atoms with Gasteiger partial charge in [-0.3, -0.25) is 4.79 Å². The molecule has 3 unspecified atom stereocenters. The molecule has 17 heavy (non-hydrogen) atoms. The second-order valence-electron chi connectivity index (χ2n) is 4.82. The molecule has 5 nitrogen and oxygen atoms in total. The Kier molecular flexibility index (Phi) is 3.38. The van der Waals surface area contributed by atoms with Crippen LogP contribution >= 0.6 is 0 Å². The first-order chi connectivity index (χ1) is 7.99. The van der Waals surface area contributed by atoms with Gasteiger partial charge >= 0.3 is 5.97 Å². The van der Waals surface area contributed by atoms with Crippen LogP contribution in [0.4, 0.5) is 0 Å². The van der Waals surface area contributed by atoms with E-state index in [1.165, 1.54) is 6.92 Å². The maximum atomic E-state index is 10.8. The van der Waals surface area contributed by atoms with Crippen LogP contribution < -0.4 is 0 Å².